The Morgan fingerprint density at radius 3 is 2.78 bits per heavy atom. The van der Waals surface area contributed by atoms with E-state index in [2.05, 4.69) is 24.9 Å². The molecule has 0 aromatic carbocycles. The molecule has 0 amide bonds. The summed E-state index contributed by atoms with van der Waals surface area (Å²) in [6.45, 7) is 1.32. The lowest BCUT2D eigenvalue weighted by Crippen LogP contribution is -2.35. The Morgan fingerprint density at radius 2 is 2.12 bits per heavy atom. The van der Waals surface area contributed by atoms with Gasteiger partial charge < -0.3 is 4.90 Å². The average molecular weight is 483 g/mol. The molecule has 3 aromatic rings. The minimum Gasteiger partial charge on any atom is -0.369 e. The van der Waals surface area contributed by atoms with E-state index >= 15 is 0 Å². The Labute approximate surface area is 189 Å². The number of anilines is 1. The lowest BCUT2D eigenvalue weighted by Gasteiger charge is -2.28. The molecule has 12 heteroatoms. The molecule has 1 aliphatic heterocycles. The zero-order chi connectivity index (χ0) is 22.9. The number of sulfone groups is 1. The van der Waals surface area contributed by atoms with Gasteiger partial charge in [0, 0.05) is 44.3 Å². The monoisotopic (exact) mass is 482 g/mol. The van der Waals surface area contributed by atoms with Crippen molar-refractivity contribution in [2.75, 3.05) is 25.0 Å². The highest BCUT2D eigenvalue weighted by Crippen LogP contribution is 2.27. The largest absolute Gasteiger partial charge is 0.369 e. The van der Waals surface area contributed by atoms with Crippen molar-refractivity contribution in [2.45, 2.75) is 43.3 Å². The van der Waals surface area contributed by atoms with Crippen LogP contribution in [0.4, 0.5) is 14.5 Å². The van der Waals surface area contributed by atoms with Crippen molar-refractivity contribution in [1.29, 1.82) is 0 Å². The highest BCUT2D eigenvalue weighted by Gasteiger charge is 2.28. The zero-order valence-corrected chi connectivity index (χ0v) is 19.4. The summed E-state index contributed by atoms with van der Waals surface area (Å²) in [4.78, 5) is 12.6. The fourth-order valence-corrected chi connectivity index (χ4v) is 5.84. The van der Waals surface area contributed by atoms with E-state index in [1.807, 2.05) is 14.0 Å². The lowest BCUT2D eigenvalue weighted by molar-refractivity contribution is 0.0558. The molecule has 4 heterocycles. The molecule has 0 unspecified atom stereocenters. The SMILES string of the molecule is Cc1cc(S(=O)(=O)Cc2cscn2)ncc1N(C)[C@H]1CCN(Cc2ccn(C(F)F)n2)C1. The quantitative estimate of drug-likeness (QED) is 0.488. The predicted octanol–water partition coefficient (Wildman–Crippen LogP) is 3.12. The van der Waals surface area contributed by atoms with Gasteiger partial charge >= 0.3 is 6.55 Å². The Hall–Kier alpha value is -2.44. The van der Waals surface area contributed by atoms with Crippen molar-refractivity contribution in [1.82, 2.24) is 24.6 Å². The normalized spacial score (nSPS) is 17.3. The molecule has 0 radical (unpaired) electrons. The van der Waals surface area contributed by atoms with Gasteiger partial charge in [0.05, 0.1) is 34.5 Å². The molecule has 0 N–H and O–H groups in total. The summed E-state index contributed by atoms with van der Waals surface area (Å²) >= 11 is 1.36. The third-order valence-electron chi connectivity index (χ3n) is 5.62. The maximum atomic E-state index is 12.7. The molecule has 4 rings (SSSR count). The second-order valence-corrected chi connectivity index (χ2v) is 10.6. The van der Waals surface area contributed by atoms with Crippen LogP contribution in [0.3, 0.4) is 0 Å². The topological polar surface area (TPSA) is 84.2 Å². The van der Waals surface area contributed by atoms with E-state index in [1.54, 1.807) is 29.2 Å². The average Bonchev–Trinajstić information content (AvgIpc) is 3.50. The van der Waals surface area contributed by atoms with Gasteiger partial charge in [0.15, 0.2) is 5.03 Å². The van der Waals surface area contributed by atoms with E-state index in [1.165, 1.54) is 17.5 Å². The van der Waals surface area contributed by atoms with E-state index in [0.29, 0.717) is 22.6 Å². The first-order valence-corrected chi connectivity index (χ1v) is 12.7. The van der Waals surface area contributed by atoms with E-state index in [-0.39, 0.29) is 16.8 Å². The summed E-state index contributed by atoms with van der Waals surface area (Å²) in [5.41, 5.74) is 4.43. The third kappa shape index (κ3) is 4.97. The number of alkyl halides is 2. The number of hydrogen-bond acceptors (Lipinski definition) is 8. The minimum atomic E-state index is -3.57. The van der Waals surface area contributed by atoms with Crippen molar-refractivity contribution >= 4 is 26.9 Å². The van der Waals surface area contributed by atoms with Gasteiger partial charge in [-0.25, -0.2) is 23.1 Å². The summed E-state index contributed by atoms with van der Waals surface area (Å²) in [5, 5.41) is 5.68. The van der Waals surface area contributed by atoms with Crippen LogP contribution >= 0.6 is 11.3 Å². The summed E-state index contributed by atoms with van der Waals surface area (Å²) in [5.74, 6) is -0.170. The van der Waals surface area contributed by atoms with Crippen LogP contribution in [0.25, 0.3) is 0 Å². The van der Waals surface area contributed by atoms with Crippen LogP contribution in [0.1, 0.15) is 29.9 Å². The fourth-order valence-electron chi connectivity index (χ4n) is 3.91. The van der Waals surface area contributed by atoms with Crippen molar-refractivity contribution in [3.8, 4) is 0 Å². The van der Waals surface area contributed by atoms with E-state index < -0.39 is 16.4 Å². The van der Waals surface area contributed by atoms with Gasteiger partial charge in [-0.1, -0.05) is 0 Å². The molecular formula is C20H24F2N6O2S2. The molecule has 0 saturated carbocycles. The van der Waals surface area contributed by atoms with Gasteiger partial charge in [-0.15, -0.1) is 11.3 Å². The van der Waals surface area contributed by atoms with Gasteiger partial charge in [-0.2, -0.15) is 13.9 Å². The summed E-state index contributed by atoms with van der Waals surface area (Å²) in [6, 6.07) is 3.42. The molecule has 1 aliphatic rings. The summed E-state index contributed by atoms with van der Waals surface area (Å²) in [7, 11) is -1.61. The van der Waals surface area contributed by atoms with Crippen LogP contribution in [0.5, 0.6) is 0 Å². The molecule has 32 heavy (non-hydrogen) atoms. The predicted molar refractivity (Wildman–Crippen MR) is 118 cm³/mol. The molecular weight excluding hydrogens is 458 g/mol. The number of rotatable bonds is 8. The van der Waals surface area contributed by atoms with Crippen LogP contribution in [0.2, 0.25) is 0 Å². The highest BCUT2D eigenvalue weighted by molar-refractivity contribution is 7.90. The molecule has 0 spiro atoms. The van der Waals surface area contributed by atoms with Crippen molar-refractivity contribution in [3.05, 3.63) is 52.4 Å². The number of thiazole rings is 1. The minimum absolute atomic E-state index is 0.0443. The number of aromatic nitrogens is 4. The Bertz CT molecular complexity index is 1170. The second kappa shape index (κ2) is 9.20. The third-order valence-corrected chi connectivity index (χ3v) is 7.79. The van der Waals surface area contributed by atoms with E-state index in [4.69, 9.17) is 0 Å². The Morgan fingerprint density at radius 1 is 1.31 bits per heavy atom. The molecule has 1 atom stereocenters. The molecule has 0 bridgehead atoms. The number of nitrogens with zero attached hydrogens (tertiary/aromatic N) is 6. The summed E-state index contributed by atoms with van der Waals surface area (Å²) < 4.78 is 51.4. The van der Waals surface area contributed by atoms with Crippen LogP contribution in [0, 0.1) is 6.92 Å². The highest BCUT2D eigenvalue weighted by atomic mass is 32.2. The summed E-state index contributed by atoms with van der Waals surface area (Å²) in [6.07, 6.45) is 3.80. The van der Waals surface area contributed by atoms with Crippen LogP contribution < -0.4 is 4.90 Å². The maximum Gasteiger partial charge on any atom is 0.333 e. The smallest absolute Gasteiger partial charge is 0.333 e. The number of halogens is 2. The molecule has 1 saturated heterocycles. The second-order valence-electron chi connectivity index (χ2n) is 7.90. The molecule has 8 nitrogen and oxygen atoms in total. The standard InChI is InChI=1S/C20H24F2N6O2S2/c1-14-7-19(32(29,30)12-16-11-31-13-24-16)23-8-18(14)26(2)17-4-5-27(10-17)9-15-3-6-28(25-15)20(21)22/h3,6-8,11,13,17,20H,4-5,9-10,12H2,1-2H3/t17-/m0/s1. The Kier molecular flexibility index (Phi) is 6.54. The first-order chi connectivity index (χ1) is 15.2. The number of hydrogen-bond donors (Lipinski definition) is 0. The van der Waals surface area contributed by atoms with E-state index in [9.17, 15) is 17.2 Å². The first kappa shape index (κ1) is 22.7. The number of likely N-dealkylation sites (N-methyl/N-ethyl adjacent to an activating group) is 1. The van der Waals surface area contributed by atoms with Crippen molar-refractivity contribution in [3.63, 3.8) is 0 Å². The molecule has 172 valence electrons. The number of pyridine rings is 1. The van der Waals surface area contributed by atoms with Crippen LogP contribution in [0.15, 0.2) is 40.4 Å². The van der Waals surface area contributed by atoms with Gasteiger partial charge in [-0.05, 0) is 31.0 Å². The van der Waals surface area contributed by atoms with Crippen LogP contribution in [-0.4, -0.2) is 59.2 Å². The first-order valence-electron chi connectivity index (χ1n) is 10.1. The van der Waals surface area contributed by atoms with Gasteiger partial charge in [0.1, 0.15) is 0 Å². The maximum absolute atomic E-state index is 12.7. The van der Waals surface area contributed by atoms with Crippen molar-refractivity contribution < 1.29 is 17.2 Å². The number of aryl methyl sites for hydroxylation is 1. The van der Waals surface area contributed by atoms with Crippen LogP contribution in [-0.2, 0) is 22.1 Å². The van der Waals surface area contributed by atoms with Gasteiger partial charge in [0.2, 0.25) is 9.84 Å². The lowest BCUT2D eigenvalue weighted by atomic mass is 10.1. The fraction of sp³-hybridized carbons (Fsp3) is 0.450. The number of likely N-dealkylation sites (tertiary alicyclic amines) is 1. The van der Waals surface area contributed by atoms with Crippen molar-refractivity contribution in [2.24, 2.45) is 0 Å². The Balaban J connectivity index is 1.41. The molecule has 1 fully saturated rings. The zero-order valence-electron chi connectivity index (χ0n) is 17.7. The van der Waals surface area contributed by atoms with Gasteiger partial charge in [0.25, 0.3) is 0 Å². The molecule has 0 aliphatic carbocycles. The van der Waals surface area contributed by atoms with E-state index in [0.717, 1.165) is 30.8 Å². The molecule has 3 aromatic heterocycles. The van der Waals surface area contributed by atoms with Gasteiger partial charge in [-0.3, -0.25) is 4.90 Å².